The third kappa shape index (κ3) is 3.51. The summed E-state index contributed by atoms with van der Waals surface area (Å²) in [5, 5.41) is 2.10. The van der Waals surface area contributed by atoms with Gasteiger partial charge in [-0.25, -0.2) is 0 Å². The van der Waals surface area contributed by atoms with Gasteiger partial charge in [-0.1, -0.05) is 0 Å². The van der Waals surface area contributed by atoms with E-state index in [0.29, 0.717) is 0 Å². The Morgan fingerprint density at radius 3 is 2.38 bits per heavy atom. The molecule has 0 bridgehead atoms. The number of nitrogens with one attached hydrogen (secondary N) is 1. The van der Waals surface area contributed by atoms with Crippen molar-refractivity contribution in [3.8, 4) is 0 Å². The van der Waals surface area contributed by atoms with Crippen LogP contribution in [0.25, 0.3) is 0 Å². The van der Waals surface area contributed by atoms with Gasteiger partial charge in [0.1, 0.15) is 0 Å². The molecule has 0 saturated heterocycles. The van der Waals surface area contributed by atoms with E-state index in [1.165, 1.54) is 0 Å². The predicted molar refractivity (Wildman–Crippen MR) is 34.0 cm³/mol. The molecule has 0 aliphatic rings. The molecule has 0 saturated carbocycles. The first-order chi connectivity index (χ1) is 3.66. The Morgan fingerprint density at radius 1 is 1.75 bits per heavy atom. The van der Waals surface area contributed by atoms with Crippen molar-refractivity contribution in [2.75, 3.05) is 6.54 Å². The highest BCUT2D eigenvalue weighted by atomic mass is 32.1. The van der Waals surface area contributed by atoms with E-state index in [9.17, 15) is 4.79 Å². The van der Waals surface area contributed by atoms with Gasteiger partial charge in [0, 0.05) is 0 Å². The summed E-state index contributed by atoms with van der Waals surface area (Å²) in [4.78, 5) is 10.2. The van der Waals surface area contributed by atoms with Crippen molar-refractivity contribution in [3.63, 3.8) is 0 Å². The van der Waals surface area contributed by atoms with Gasteiger partial charge in [-0.3, -0.25) is 4.79 Å². The van der Waals surface area contributed by atoms with Gasteiger partial charge in [0.2, 0.25) is 5.91 Å². The molecule has 46 valence electrons. The molecule has 1 amide bonds. The largest absolute Gasteiger partial charge is 0.376 e. The monoisotopic (exact) mass is 133 g/mol. The van der Waals surface area contributed by atoms with Crippen molar-refractivity contribution in [2.24, 2.45) is 11.5 Å². The molecule has 0 radical (unpaired) electrons. The summed E-state index contributed by atoms with van der Waals surface area (Å²) in [6.07, 6.45) is 0. The zero-order chi connectivity index (χ0) is 6.57. The summed E-state index contributed by atoms with van der Waals surface area (Å²) in [5.74, 6) is -0.363. The number of carbonyl (C=O) groups is 1. The first kappa shape index (κ1) is 7.32. The van der Waals surface area contributed by atoms with E-state index in [0.717, 1.165) is 0 Å². The number of hydrogen-bond donors (Lipinski definition) is 3. The topological polar surface area (TPSA) is 81.1 Å². The SMILES string of the molecule is NCC(=O)NC(N)=S. The number of hydrogen-bond acceptors (Lipinski definition) is 3. The van der Waals surface area contributed by atoms with Crippen molar-refractivity contribution in [1.29, 1.82) is 0 Å². The third-order valence-electron chi connectivity index (χ3n) is 0.448. The van der Waals surface area contributed by atoms with Crippen LogP contribution >= 0.6 is 12.2 Å². The van der Waals surface area contributed by atoms with Crippen molar-refractivity contribution in [2.45, 2.75) is 0 Å². The number of thiocarbonyl (C=S) groups is 1. The Balaban J connectivity index is 3.40. The van der Waals surface area contributed by atoms with Gasteiger partial charge in [-0.2, -0.15) is 0 Å². The molecule has 0 aliphatic heterocycles. The normalized spacial score (nSPS) is 8.12. The molecule has 5 N–H and O–H groups in total. The Hall–Kier alpha value is -0.680. The number of rotatable bonds is 1. The van der Waals surface area contributed by atoms with Crippen molar-refractivity contribution >= 4 is 23.2 Å². The highest BCUT2D eigenvalue weighted by Gasteiger charge is 1.94. The van der Waals surface area contributed by atoms with Crippen LogP contribution in [-0.4, -0.2) is 17.6 Å². The van der Waals surface area contributed by atoms with Gasteiger partial charge >= 0.3 is 0 Å². The fraction of sp³-hybridized carbons (Fsp3) is 0.333. The second-order valence-corrected chi connectivity index (χ2v) is 1.56. The van der Waals surface area contributed by atoms with Crippen LogP contribution in [-0.2, 0) is 4.79 Å². The standard InChI is InChI=1S/C3H7N3OS/c4-1-2(7)6-3(5)8/h1,4H2,(H3,5,6,7,8). The molecule has 0 aromatic rings. The maximum absolute atomic E-state index is 10.2. The molecule has 5 heteroatoms. The van der Waals surface area contributed by atoms with Crippen molar-refractivity contribution in [3.05, 3.63) is 0 Å². The molecule has 0 heterocycles. The van der Waals surface area contributed by atoms with Crippen LogP contribution in [0.15, 0.2) is 0 Å². The molecule has 0 unspecified atom stereocenters. The molecule has 4 nitrogen and oxygen atoms in total. The van der Waals surface area contributed by atoms with Crippen LogP contribution in [0.3, 0.4) is 0 Å². The van der Waals surface area contributed by atoms with E-state index >= 15 is 0 Å². The minimum atomic E-state index is -0.363. The highest BCUT2D eigenvalue weighted by Crippen LogP contribution is 1.57. The van der Waals surface area contributed by atoms with E-state index in [4.69, 9.17) is 11.5 Å². The molecule has 0 aromatic heterocycles. The zero-order valence-corrected chi connectivity index (χ0v) is 4.99. The average Bonchev–Trinajstić information content (AvgIpc) is 1.65. The van der Waals surface area contributed by atoms with Crippen LogP contribution in [0.4, 0.5) is 0 Å². The Bertz CT molecular complexity index is 113. The summed E-state index contributed by atoms with van der Waals surface area (Å²) < 4.78 is 0. The van der Waals surface area contributed by atoms with Gasteiger partial charge in [0.05, 0.1) is 6.54 Å². The van der Waals surface area contributed by atoms with Crippen molar-refractivity contribution in [1.82, 2.24) is 5.32 Å². The molecule has 0 fully saturated rings. The number of amides is 1. The van der Waals surface area contributed by atoms with Crippen LogP contribution in [0.1, 0.15) is 0 Å². The lowest BCUT2D eigenvalue weighted by Gasteiger charge is -1.95. The lowest BCUT2D eigenvalue weighted by Crippen LogP contribution is -2.38. The smallest absolute Gasteiger partial charge is 0.239 e. The summed E-state index contributed by atoms with van der Waals surface area (Å²) in [5.41, 5.74) is 9.81. The van der Waals surface area contributed by atoms with Gasteiger partial charge in [-0.05, 0) is 12.2 Å². The Kier molecular flexibility index (Phi) is 3.05. The van der Waals surface area contributed by atoms with E-state index in [1.54, 1.807) is 0 Å². The van der Waals surface area contributed by atoms with Crippen LogP contribution < -0.4 is 16.8 Å². The molecule has 0 aromatic carbocycles. The van der Waals surface area contributed by atoms with E-state index in [-0.39, 0.29) is 17.6 Å². The van der Waals surface area contributed by atoms with Gasteiger partial charge < -0.3 is 16.8 Å². The molecule has 0 atom stereocenters. The molecule has 0 aliphatic carbocycles. The lowest BCUT2D eigenvalue weighted by molar-refractivity contribution is -0.118. The second-order valence-electron chi connectivity index (χ2n) is 1.12. The lowest BCUT2D eigenvalue weighted by atomic mass is 10.6. The fourth-order valence-electron chi connectivity index (χ4n) is 0.188. The number of nitrogens with two attached hydrogens (primary N) is 2. The third-order valence-corrected chi connectivity index (χ3v) is 0.550. The average molecular weight is 133 g/mol. The minimum absolute atomic E-state index is 0.0412. The highest BCUT2D eigenvalue weighted by molar-refractivity contribution is 7.80. The first-order valence-electron chi connectivity index (χ1n) is 1.96. The molecular weight excluding hydrogens is 126 g/mol. The van der Waals surface area contributed by atoms with Crippen LogP contribution in [0, 0.1) is 0 Å². The molecule has 8 heavy (non-hydrogen) atoms. The predicted octanol–water partition coefficient (Wildman–Crippen LogP) is -1.70. The zero-order valence-electron chi connectivity index (χ0n) is 4.18. The van der Waals surface area contributed by atoms with E-state index in [2.05, 4.69) is 17.5 Å². The van der Waals surface area contributed by atoms with Gasteiger partial charge in [0.25, 0.3) is 0 Å². The second kappa shape index (κ2) is 3.34. The Morgan fingerprint density at radius 2 is 2.25 bits per heavy atom. The summed E-state index contributed by atoms with van der Waals surface area (Å²) in [6.45, 7) is -0.0860. The van der Waals surface area contributed by atoms with Crippen LogP contribution in [0.2, 0.25) is 0 Å². The Labute approximate surface area is 52.2 Å². The van der Waals surface area contributed by atoms with Gasteiger partial charge in [0.15, 0.2) is 5.11 Å². The summed E-state index contributed by atoms with van der Waals surface area (Å²) in [6, 6.07) is 0. The first-order valence-corrected chi connectivity index (χ1v) is 2.37. The van der Waals surface area contributed by atoms with Crippen molar-refractivity contribution < 1.29 is 4.79 Å². The molecule has 0 spiro atoms. The van der Waals surface area contributed by atoms with Gasteiger partial charge in [-0.15, -0.1) is 0 Å². The van der Waals surface area contributed by atoms with E-state index in [1.807, 2.05) is 0 Å². The van der Waals surface area contributed by atoms with Crippen LogP contribution in [0.5, 0.6) is 0 Å². The summed E-state index contributed by atoms with van der Waals surface area (Å²) >= 11 is 4.33. The quantitative estimate of drug-likeness (QED) is 0.373. The summed E-state index contributed by atoms with van der Waals surface area (Å²) in [7, 11) is 0. The maximum Gasteiger partial charge on any atom is 0.239 e. The minimum Gasteiger partial charge on any atom is -0.376 e. The molecular formula is C3H7N3OS. The maximum atomic E-state index is 10.2. The molecule has 0 rings (SSSR count). The van der Waals surface area contributed by atoms with E-state index < -0.39 is 0 Å². The number of carbonyl (C=O) groups excluding carboxylic acids is 1. The fourth-order valence-corrected chi connectivity index (χ4v) is 0.302.